The molecule has 1 N–H and O–H groups in total. The van der Waals surface area contributed by atoms with Gasteiger partial charge in [-0.1, -0.05) is 71.4 Å². The van der Waals surface area contributed by atoms with E-state index >= 15 is 0 Å². The van der Waals surface area contributed by atoms with Crippen molar-refractivity contribution in [3.05, 3.63) is 104 Å². The Bertz CT molecular complexity index is 1770. The summed E-state index contributed by atoms with van der Waals surface area (Å²) in [5, 5.41) is 4.46. The molecule has 1 aliphatic rings. The van der Waals surface area contributed by atoms with Gasteiger partial charge in [0.2, 0.25) is 0 Å². The number of imide groups is 2. The summed E-state index contributed by atoms with van der Waals surface area (Å²) in [6.45, 7) is 5.00. The van der Waals surface area contributed by atoms with Crippen LogP contribution in [0.15, 0.2) is 87.3 Å². The van der Waals surface area contributed by atoms with E-state index < -0.39 is 17.8 Å². The van der Waals surface area contributed by atoms with Crippen molar-refractivity contribution in [1.82, 2.24) is 10.2 Å². The normalized spacial score (nSPS) is 14.2. The monoisotopic (exact) mass is 720 g/mol. The molecule has 0 atom stereocenters. The Morgan fingerprint density at radius 3 is 2.45 bits per heavy atom. The average molecular weight is 722 g/mol. The molecule has 4 amide bonds. The van der Waals surface area contributed by atoms with Gasteiger partial charge in [-0.05, 0) is 81.5 Å². The molecule has 4 aromatic rings. The summed E-state index contributed by atoms with van der Waals surface area (Å²) in [5.74, 6) is 0.0347. The highest BCUT2D eigenvalue weighted by molar-refractivity contribution is 9.11. The second-order valence-corrected chi connectivity index (χ2v) is 11.8. The number of nitrogens with one attached hydrogen (secondary N) is 1. The van der Waals surface area contributed by atoms with Crippen LogP contribution in [0.4, 0.5) is 4.79 Å². The van der Waals surface area contributed by atoms with Gasteiger partial charge in [-0.2, -0.15) is 0 Å². The summed E-state index contributed by atoms with van der Waals surface area (Å²) in [6, 6.07) is 22.1. The van der Waals surface area contributed by atoms with E-state index in [0.717, 1.165) is 27.7 Å². The van der Waals surface area contributed by atoms with Gasteiger partial charge in [0.05, 0.1) is 24.2 Å². The summed E-state index contributed by atoms with van der Waals surface area (Å²) in [4.78, 5) is 40.4. The van der Waals surface area contributed by atoms with Crippen molar-refractivity contribution in [3.8, 4) is 17.2 Å². The van der Waals surface area contributed by atoms with Crippen LogP contribution < -0.4 is 19.5 Å². The zero-order chi connectivity index (χ0) is 31.2. The predicted molar refractivity (Wildman–Crippen MR) is 176 cm³/mol. The molecule has 4 aromatic carbocycles. The van der Waals surface area contributed by atoms with E-state index in [1.165, 1.54) is 6.08 Å². The molecular formula is C34H30Br2N2O6. The van der Waals surface area contributed by atoms with E-state index in [1.807, 2.05) is 62.4 Å². The Labute approximate surface area is 272 Å². The topological polar surface area (TPSA) is 94.2 Å². The lowest BCUT2D eigenvalue weighted by Gasteiger charge is -2.27. The fourth-order valence-electron chi connectivity index (χ4n) is 4.83. The quantitative estimate of drug-likeness (QED) is 0.126. The molecule has 8 nitrogen and oxygen atoms in total. The Kier molecular flexibility index (Phi) is 10.0. The van der Waals surface area contributed by atoms with Crippen molar-refractivity contribution in [3.63, 3.8) is 0 Å². The predicted octanol–water partition coefficient (Wildman–Crippen LogP) is 7.79. The number of nitrogens with zero attached hydrogens (tertiary/aromatic N) is 1. The summed E-state index contributed by atoms with van der Waals surface area (Å²) in [6.07, 6.45) is 2.28. The molecule has 44 heavy (non-hydrogen) atoms. The Morgan fingerprint density at radius 1 is 0.864 bits per heavy atom. The molecule has 0 unspecified atom stereocenters. The molecule has 226 valence electrons. The van der Waals surface area contributed by atoms with Crippen LogP contribution in [-0.2, 0) is 22.7 Å². The first kappa shape index (κ1) is 31.3. The third-order valence-corrected chi connectivity index (χ3v) is 7.93. The van der Waals surface area contributed by atoms with Gasteiger partial charge in [0.25, 0.3) is 11.8 Å². The number of carbonyl (C=O) groups is 3. The van der Waals surface area contributed by atoms with Gasteiger partial charge in [-0.25, -0.2) is 4.79 Å². The highest BCUT2D eigenvalue weighted by Crippen LogP contribution is 2.36. The van der Waals surface area contributed by atoms with Crippen LogP contribution in [0.2, 0.25) is 0 Å². The number of barbiturate groups is 1. The van der Waals surface area contributed by atoms with Crippen LogP contribution in [0.3, 0.4) is 0 Å². The fraction of sp³-hybridized carbons (Fsp3) is 0.206. The van der Waals surface area contributed by atoms with E-state index in [0.29, 0.717) is 50.5 Å². The van der Waals surface area contributed by atoms with E-state index in [4.69, 9.17) is 14.2 Å². The standard InChI is InChI=1S/C34H30Br2N2O6/c1-3-14-43-29-13-12-21(15-30(29)42-4-2)19-38-33(40)27(32(39)37-34(38)41)17-24-16-25(35)18-28(36)31(24)44-20-23-10-7-9-22-8-5-6-11-26(22)23/h5-13,15-18H,3-4,14,19-20H2,1-2H3,(H,37,39,41)/b27-17+. The molecule has 1 heterocycles. The zero-order valence-electron chi connectivity index (χ0n) is 24.2. The van der Waals surface area contributed by atoms with Crippen molar-refractivity contribution in [1.29, 1.82) is 0 Å². The first-order valence-corrected chi connectivity index (χ1v) is 15.7. The first-order chi connectivity index (χ1) is 21.3. The van der Waals surface area contributed by atoms with E-state index in [-0.39, 0.29) is 18.7 Å². The van der Waals surface area contributed by atoms with Crippen LogP contribution in [0, 0.1) is 0 Å². The number of benzene rings is 4. The van der Waals surface area contributed by atoms with Crippen molar-refractivity contribution in [2.45, 2.75) is 33.4 Å². The molecule has 0 radical (unpaired) electrons. The number of rotatable bonds is 11. The number of ether oxygens (including phenoxy) is 3. The smallest absolute Gasteiger partial charge is 0.331 e. The van der Waals surface area contributed by atoms with Crippen LogP contribution in [0.1, 0.15) is 37.0 Å². The summed E-state index contributed by atoms with van der Waals surface area (Å²) in [7, 11) is 0. The van der Waals surface area contributed by atoms with Crippen LogP contribution in [0.25, 0.3) is 16.8 Å². The summed E-state index contributed by atoms with van der Waals surface area (Å²) < 4.78 is 19.1. The number of carbonyl (C=O) groups excluding carboxylic acids is 3. The van der Waals surface area contributed by atoms with Crippen LogP contribution in [-0.4, -0.2) is 36.0 Å². The molecule has 0 bridgehead atoms. The maximum Gasteiger partial charge on any atom is 0.331 e. The molecule has 1 saturated heterocycles. The highest BCUT2D eigenvalue weighted by atomic mass is 79.9. The van der Waals surface area contributed by atoms with Crippen LogP contribution >= 0.6 is 31.9 Å². The number of urea groups is 1. The summed E-state index contributed by atoms with van der Waals surface area (Å²) in [5.41, 5.74) is 1.91. The van der Waals surface area contributed by atoms with Gasteiger partial charge in [0.15, 0.2) is 11.5 Å². The van der Waals surface area contributed by atoms with Gasteiger partial charge in [-0.3, -0.25) is 19.8 Å². The molecule has 5 rings (SSSR count). The maximum absolute atomic E-state index is 13.6. The van der Waals surface area contributed by atoms with Crippen LogP contribution in [0.5, 0.6) is 17.2 Å². The van der Waals surface area contributed by atoms with E-state index in [2.05, 4.69) is 37.2 Å². The lowest BCUT2D eigenvalue weighted by Crippen LogP contribution is -2.53. The van der Waals surface area contributed by atoms with E-state index in [9.17, 15) is 14.4 Å². The van der Waals surface area contributed by atoms with Crippen molar-refractivity contribution in [2.75, 3.05) is 13.2 Å². The Morgan fingerprint density at radius 2 is 1.66 bits per heavy atom. The average Bonchev–Trinajstić information content (AvgIpc) is 3.00. The Hall–Kier alpha value is -4.15. The van der Waals surface area contributed by atoms with Gasteiger partial charge in [-0.15, -0.1) is 0 Å². The largest absolute Gasteiger partial charge is 0.490 e. The number of hydrogen-bond acceptors (Lipinski definition) is 6. The second kappa shape index (κ2) is 14.1. The molecule has 10 heteroatoms. The SMILES string of the molecule is CCCOc1ccc(CN2C(=O)NC(=O)/C(=C\c3cc(Br)cc(Br)c3OCc3cccc4ccccc34)C2=O)cc1OCC. The molecule has 0 aliphatic carbocycles. The minimum atomic E-state index is -0.802. The van der Waals surface area contributed by atoms with Gasteiger partial charge in [0.1, 0.15) is 17.9 Å². The fourth-order valence-corrected chi connectivity index (χ4v) is 6.21. The molecular weight excluding hydrogens is 692 g/mol. The third kappa shape index (κ3) is 6.97. The van der Waals surface area contributed by atoms with Crippen molar-refractivity contribution >= 4 is 66.6 Å². The Balaban J connectivity index is 1.43. The van der Waals surface area contributed by atoms with Crippen molar-refractivity contribution in [2.24, 2.45) is 0 Å². The zero-order valence-corrected chi connectivity index (χ0v) is 27.4. The minimum Gasteiger partial charge on any atom is -0.490 e. The molecule has 1 fully saturated rings. The van der Waals surface area contributed by atoms with Gasteiger partial charge >= 0.3 is 6.03 Å². The van der Waals surface area contributed by atoms with Gasteiger partial charge < -0.3 is 14.2 Å². The number of halogens is 2. The summed E-state index contributed by atoms with van der Waals surface area (Å²) >= 11 is 7.06. The highest BCUT2D eigenvalue weighted by Gasteiger charge is 2.36. The molecule has 0 aromatic heterocycles. The van der Waals surface area contributed by atoms with Crippen molar-refractivity contribution < 1.29 is 28.6 Å². The molecule has 1 aliphatic heterocycles. The first-order valence-electron chi connectivity index (χ1n) is 14.1. The lowest BCUT2D eigenvalue weighted by atomic mass is 10.0. The number of hydrogen-bond donors (Lipinski definition) is 1. The molecule has 0 saturated carbocycles. The maximum atomic E-state index is 13.6. The second-order valence-electron chi connectivity index (χ2n) is 10.0. The third-order valence-electron chi connectivity index (χ3n) is 6.89. The minimum absolute atomic E-state index is 0.0734. The lowest BCUT2D eigenvalue weighted by molar-refractivity contribution is -0.130. The van der Waals surface area contributed by atoms with E-state index in [1.54, 1.807) is 24.3 Å². The number of fused-ring (bicyclic) bond motifs is 1. The van der Waals surface area contributed by atoms with Gasteiger partial charge in [0, 0.05) is 10.0 Å². The number of amides is 4. The molecule has 0 spiro atoms.